The van der Waals surface area contributed by atoms with Crippen LogP contribution in [0.3, 0.4) is 0 Å². The van der Waals surface area contributed by atoms with Crippen molar-refractivity contribution < 1.29 is 24.4 Å². The largest absolute Gasteiger partial charge is 0.394 e. The Morgan fingerprint density at radius 1 is 1.37 bits per heavy atom. The molecule has 1 saturated heterocycles. The molecule has 1 aliphatic rings. The van der Waals surface area contributed by atoms with Crippen LogP contribution in [0, 0.1) is 5.82 Å². The maximum Gasteiger partial charge on any atom is 0.332 e. The van der Waals surface area contributed by atoms with E-state index in [0.717, 1.165) is 0 Å². The Balaban J connectivity index is 2.53. The molecular weight excluding hydrogens is 265 g/mol. The minimum absolute atomic E-state index is 0.259. The van der Waals surface area contributed by atoms with E-state index < -0.39 is 54.0 Å². The van der Waals surface area contributed by atoms with Crippen molar-refractivity contribution in [2.24, 2.45) is 0 Å². The Morgan fingerprint density at radius 3 is 2.53 bits per heavy atom. The molecule has 19 heavy (non-hydrogen) atoms. The highest BCUT2D eigenvalue weighted by atomic mass is 19.1. The molecule has 0 radical (unpaired) electrons. The molecule has 0 aromatic carbocycles. The van der Waals surface area contributed by atoms with E-state index in [9.17, 15) is 24.2 Å². The van der Waals surface area contributed by atoms with E-state index >= 15 is 0 Å². The predicted octanol–water partition coefficient (Wildman–Crippen LogP) is -3.13. The number of ether oxygens (including phenoxy) is 1. The standard InChI is InChI=1S/C9H12FN3O6/c10-3-6(11)12-9(18)13(7(3)17)8-5(16)4(15)2(1-14)19-8/h2,4-5,8,14-16H,1,11H2,(H,12,18)/t2-,4-,5-,8?/m1/s1. The molecule has 0 bridgehead atoms. The molecule has 10 heteroatoms. The summed E-state index contributed by atoms with van der Waals surface area (Å²) < 4.78 is 18.6. The summed E-state index contributed by atoms with van der Waals surface area (Å²) in [6.07, 6.45) is -5.98. The van der Waals surface area contributed by atoms with Crippen molar-refractivity contribution in [3.63, 3.8) is 0 Å². The van der Waals surface area contributed by atoms with Gasteiger partial charge in [-0.2, -0.15) is 4.39 Å². The summed E-state index contributed by atoms with van der Waals surface area (Å²) in [6.45, 7) is -0.640. The van der Waals surface area contributed by atoms with Gasteiger partial charge in [0.1, 0.15) is 24.1 Å². The normalized spacial score (nSPS) is 30.7. The van der Waals surface area contributed by atoms with E-state index in [4.69, 9.17) is 15.6 Å². The number of nitrogen functional groups attached to an aromatic ring is 1. The summed E-state index contributed by atoms with van der Waals surface area (Å²) in [5.74, 6) is -2.14. The third-order valence-corrected chi connectivity index (χ3v) is 2.88. The zero-order valence-corrected chi connectivity index (χ0v) is 9.49. The van der Waals surface area contributed by atoms with E-state index in [2.05, 4.69) is 0 Å². The summed E-state index contributed by atoms with van der Waals surface area (Å²) >= 11 is 0. The van der Waals surface area contributed by atoms with Crippen molar-refractivity contribution in [3.8, 4) is 0 Å². The SMILES string of the molecule is Nc1[nH]c(=O)n(C2O[C@H](CO)[C@@H](O)[C@H]2O)c(=O)c1F. The topological polar surface area (TPSA) is 151 Å². The molecule has 1 aliphatic heterocycles. The first-order chi connectivity index (χ1) is 8.88. The molecular formula is C9H12FN3O6. The van der Waals surface area contributed by atoms with Crippen LogP contribution in [0.2, 0.25) is 0 Å². The third kappa shape index (κ3) is 2.04. The fourth-order valence-electron chi connectivity index (χ4n) is 1.87. The van der Waals surface area contributed by atoms with Crippen molar-refractivity contribution >= 4 is 5.82 Å². The second-order valence-electron chi connectivity index (χ2n) is 4.06. The maximum atomic E-state index is 13.4. The number of aliphatic hydroxyl groups is 3. The zero-order chi connectivity index (χ0) is 14.3. The van der Waals surface area contributed by atoms with Crippen molar-refractivity contribution in [1.82, 2.24) is 9.55 Å². The molecule has 6 N–H and O–H groups in total. The molecule has 1 aromatic heterocycles. The highest BCUT2D eigenvalue weighted by Gasteiger charge is 2.44. The number of nitrogens with one attached hydrogen (secondary N) is 1. The maximum absolute atomic E-state index is 13.4. The minimum Gasteiger partial charge on any atom is -0.394 e. The number of rotatable bonds is 2. The lowest BCUT2D eigenvalue weighted by atomic mass is 10.1. The monoisotopic (exact) mass is 277 g/mol. The lowest BCUT2D eigenvalue weighted by molar-refractivity contribution is -0.0569. The van der Waals surface area contributed by atoms with Gasteiger partial charge in [0.2, 0.25) is 5.82 Å². The molecule has 9 nitrogen and oxygen atoms in total. The van der Waals surface area contributed by atoms with Crippen molar-refractivity contribution in [1.29, 1.82) is 0 Å². The highest BCUT2D eigenvalue weighted by Crippen LogP contribution is 2.27. The summed E-state index contributed by atoms with van der Waals surface area (Å²) in [5, 5.41) is 28.1. The fraction of sp³-hybridized carbons (Fsp3) is 0.556. The molecule has 0 saturated carbocycles. The number of anilines is 1. The second-order valence-corrected chi connectivity index (χ2v) is 4.06. The van der Waals surface area contributed by atoms with Crippen LogP contribution in [0.1, 0.15) is 6.23 Å². The Hall–Kier alpha value is -1.75. The molecule has 1 unspecified atom stereocenters. The predicted molar refractivity (Wildman–Crippen MR) is 58.7 cm³/mol. The molecule has 1 fully saturated rings. The molecule has 0 aliphatic carbocycles. The summed E-state index contributed by atoms with van der Waals surface area (Å²) in [4.78, 5) is 25.0. The molecule has 1 aromatic rings. The Bertz CT molecular complexity index is 599. The molecule has 106 valence electrons. The summed E-state index contributed by atoms with van der Waals surface area (Å²) in [7, 11) is 0. The van der Waals surface area contributed by atoms with E-state index in [1.165, 1.54) is 0 Å². The van der Waals surface area contributed by atoms with Crippen LogP contribution in [-0.4, -0.2) is 49.8 Å². The highest BCUT2D eigenvalue weighted by molar-refractivity contribution is 5.26. The van der Waals surface area contributed by atoms with Gasteiger partial charge in [0.15, 0.2) is 6.23 Å². The van der Waals surface area contributed by atoms with E-state index in [1.54, 1.807) is 0 Å². The van der Waals surface area contributed by atoms with Gasteiger partial charge in [-0.05, 0) is 0 Å². The van der Waals surface area contributed by atoms with Gasteiger partial charge in [-0.15, -0.1) is 0 Å². The van der Waals surface area contributed by atoms with Gasteiger partial charge in [-0.3, -0.25) is 9.78 Å². The zero-order valence-electron chi connectivity index (χ0n) is 9.49. The molecule has 0 amide bonds. The van der Waals surface area contributed by atoms with Gasteiger partial charge in [0.25, 0.3) is 5.56 Å². The van der Waals surface area contributed by atoms with Crippen LogP contribution in [0.15, 0.2) is 9.59 Å². The van der Waals surface area contributed by atoms with Gasteiger partial charge in [-0.1, -0.05) is 0 Å². The minimum atomic E-state index is -1.67. The van der Waals surface area contributed by atoms with Gasteiger partial charge in [0, 0.05) is 0 Å². The Labute approximate surface area is 104 Å². The van der Waals surface area contributed by atoms with Crippen LogP contribution in [0.25, 0.3) is 0 Å². The van der Waals surface area contributed by atoms with Gasteiger partial charge in [-0.25, -0.2) is 9.36 Å². The van der Waals surface area contributed by atoms with Crippen molar-refractivity contribution in [2.45, 2.75) is 24.5 Å². The van der Waals surface area contributed by atoms with Crippen molar-refractivity contribution in [2.75, 3.05) is 12.3 Å². The van der Waals surface area contributed by atoms with Gasteiger partial charge >= 0.3 is 5.69 Å². The van der Waals surface area contributed by atoms with Gasteiger partial charge < -0.3 is 25.8 Å². The first kappa shape index (κ1) is 13.7. The first-order valence-corrected chi connectivity index (χ1v) is 5.30. The van der Waals surface area contributed by atoms with E-state index in [0.29, 0.717) is 0 Å². The van der Waals surface area contributed by atoms with Crippen molar-refractivity contribution in [3.05, 3.63) is 26.7 Å². The van der Waals surface area contributed by atoms with Gasteiger partial charge in [0.05, 0.1) is 6.61 Å². The molecule has 2 heterocycles. The summed E-state index contributed by atoms with van der Waals surface area (Å²) in [5.41, 5.74) is 2.58. The fourth-order valence-corrected chi connectivity index (χ4v) is 1.87. The van der Waals surface area contributed by atoms with Crippen LogP contribution in [0.5, 0.6) is 0 Å². The average molecular weight is 277 g/mol. The number of hydrogen-bond acceptors (Lipinski definition) is 7. The number of aromatic amines is 1. The lowest BCUT2D eigenvalue weighted by Crippen LogP contribution is -2.44. The van der Waals surface area contributed by atoms with Crippen LogP contribution < -0.4 is 17.0 Å². The Morgan fingerprint density at radius 2 is 2.00 bits per heavy atom. The van der Waals surface area contributed by atoms with E-state index in [1.807, 2.05) is 4.98 Å². The second kappa shape index (κ2) is 4.74. The number of nitrogens with zero attached hydrogens (tertiary/aromatic N) is 1. The molecule has 4 atom stereocenters. The lowest BCUT2D eigenvalue weighted by Gasteiger charge is -2.16. The number of hydrogen-bond donors (Lipinski definition) is 5. The number of halogens is 1. The Kier molecular flexibility index (Phi) is 3.41. The number of aromatic nitrogens is 2. The molecule has 0 spiro atoms. The third-order valence-electron chi connectivity index (χ3n) is 2.88. The smallest absolute Gasteiger partial charge is 0.332 e. The van der Waals surface area contributed by atoms with Crippen LogP contribution >= 0.6 is 0 Å². The van der Waals surface area contributed by atoms with Crippen LogP contribution in [0.4, 0.5) is 10.2 Å². The van der Waals surface area contributed by atoms with Crippen LogP contribution in [-0.2, 0) is 4.74 Å². The number of aliphatic hydroxyl groups excluding tert-OH is 3. The quantitative estimate of drug-likeness (QED) is 0.383. The number of nitrogens with two attached hydrogens (primary N) is 1. The van der Waals surface area contributed by atoms with E-state index in [-0.39, 0.29) is 4.57 Å². The average Bonchev–Trinajstić information content (AvgIpc) is 2.64. The first-order valence-electron chi connectivity index (χ1n) is 5.30. The summed E-state index contributed by atoms with van der Waals surface area (Å²) in [6, 6.07) is 0. The molecule has 2 rings (SSSR count). The number of H-pyrrole nitrogens is 1.